The summed E-state index contributed by atoms with van der Waals surface area (Å²) in [6.45, 7) is 4.07. The van der Waals surface area contributed by atoms with E-state index in [2.05, 4.69) is 9.98 Å². The van der Waals surface area contributed by atoms with Gasteiger partial charge in [-0.05, 0) is 31.1 Å². The van der Waals surface area contributed by atoms with Gasteiger partial charge in [0.25, 0.3) is 0 Å². The lowest BCUT2D eigenvalue weighted by molar-refractivity contribution is 0.199. The van der Waals surface area contributed by atoms with Crippen LogP contribution in [0.15, 0.2) is 9.98 Å². The fourth-order valence-corrected chi connectivity index (χ4v) is 3.05. The maximum absolute atomic E-state index is 13.3. The van der Waals surface area contributed by atoms with Crippen molar-refractivity contribution in [2.75, 3.05) is 14.2 Å². The van der Waals surface area contributed by atoms with Gasteiger partial charge in [0, 0.05) is 0 Å². The molecular weight excluding hydrogens is 278 g/mol. The van der Waals surface area contributed by atoms with Crippen molar-refractivity contribution in [1.29, 1.82) is 0 Å². The molecule has 0 unspecified atom stereocenters. The maximum Gasteiger partial charge on any atom is 0.209 e. The average molecular weight is 302 g/mol. The molecular formula is C15H24F2N2O2. The van der Waals surface area contributed by atoms with Crippen LogP contribution in [0.25, 0.3) is 0 Å². The molecule has 0 N–H and O–H groups in total. The van der Waals surface area contributed by atoms with E-state index in [1.54, 1.807) is 14.2 Å². The number of methoxy groups -OCH3 is 2. The first-order valence-corrected chi connectivity index (χ1v) is 7.47. The molecule has 0 aromatic carbocycles. The minimum absolute atomic E-state index is 0.0298. The van der Waals surface area contributed by atoms with Gasteiger partial charge in [-0.2, -0.15) is 0 Å². The highest BCUT2D eigenvalue weighted by Crippen LogP contribution is 2.35. The van der Waals surface area contributed by atoms with Crippen LogP contribution in [0.5, 0.6) is 0 Å². The van der Waals surface area contributed by atoms with Crippen LogP contribution in [-0.4, -0.2) is 50.4 Å². The van der Waals surface area contributed by atoms with Crippen molar-refractivity contribution < 1.29 is 18.3 Å². The number of rotatable bonds is 3. The van der Waals surface area contributed by atoms with E-state index in [0.717, 1.165) is 0 Å². The van der Waals surface area contributed by atoms with Crippen LogP contribution in [0.1, 0.15) is 33.1 Å². The monoisotopic (exact) mass is 302 g/mol. The Bertz CT molecular complexity index is 416. The predicted molar refractivity (Wildman–Crippen MR) is 78.4 cm³/mol. The van der Waals surface area contributed by atoms with Crippen LogP contribution >= 0.6 is 0 Å². The standard InChI is InChI=1S/C15H24F2N2O2/c1-8(2)13-15(21-4)18-12(14(19-13)20-3)7-9-5-10(16)11(17)6-9/h8-13H,5-7H2,1-4H3/t9-,10+,11-,12-,13+/m0/s1. The Hall–Kier alpha value is -1.20. The van der Waals surface area contributed by atoms with Gasteiger partial charge >= 0.3 is 0 Å². The lowest BCUT2D eigenvalue weighted by Gasteiger charge is -2.28. The maximum atomic E-state index is 13.3. The molecule has 0 radical (unpaired) electrons. The van der Waals surface area contributed by atoms with Crippen LogP contribution in [0.4, 0.5) is 8.78 Å². The number of hydrogen-bond donors (Lipinski definition) is 0. The van der Waals surface area contributed by atoms with Crippen molar-refractivity contribution in [1.82, 2.24) is 0 Å². The second kappa shape index (κ2) is 6.71. The van der Waals surface area contributed by atoms with Crippen LogP contribution in [0.3, 0.4) is 0 Å². The second-order valence-corrected chi connectivity index (χ2v) is 6.15. The molecule has 1 fully saturated rings. The van der Waals surface area contributed by atoms with Crippen LogP contribution in [0, 0.1) is 11.8 Å². The summed E-state index contributed by atoms with van der Waals surface area (Å²) in [5, 5.41) is 0. The first kappa shape index (κ1) is 16.2. The molecule has 1 aliphatic heterocycles. The summed E-state index contributed by atoms with van der Waals surface area (Å²) in [5.74, 6) is 1.32. The fourth-order valence-electron chi connectivity index (χ4n) is 3.05. The Morgan fingerprint density at radius 2 is 1.62 bits per heavy atom. The van der Waals surface area contributed by atoms with Gasteiger partial charge in [-0.15, -0.1) is 0 Å². The van der Waals surface area contributed by atoms with Gasteiger partial charge in [-0.25, -0.2) is 18.8 Å². The Kier molecular flexibility index (Phi) is 5.17. The SMILES string of the molecule is COC1=N[C@H](C(C)C)C(OC)=N[C@H]1C[C@H]1C[C@@H](F)[C@@H](F)C1. The molecule has 0 aromatic heterocycles. The zero-order valence-corrected chi connectivity index (χ0v) is 13.1. The summed E-state index contributed by atoms with van der Waals surface area (Å²) < 4.78 is 37.3. The Balaban J connectivity index is 2.11. The van der Waals surface area contributed by atoms with E-state index in [-0.39, 0.29) is 36.8 Å². The largest absolute Gasteiger partial charge is 0.483 e. The highest BCUT2D eigenvalue weighted by molar-refractivity contribution is 5.94. The van der Waals surface area contributed by atoms with Gasteiger partial charge in [0.1, 0.15) is 24.4 Å². The Morgan fingerprint density at radius 3 is 2.10 bits per heavy atom. The van der Waals surface area contributed by atoms with Crippen molar-refractivity contribution in [3.63, 3.8) is 0 Å². The fraction of sp³-hybridized carbons (Fsp3) is 0.867. The second-order valence-electron chi connectivity index (χ2n) is 6.15. The van der Waals surface area contributed by atoms with Crippen LogP contribution in [-0.2, 0) is 9.47 Å². The zero-order chi connectivity index (χ0) is 15.6. The predicted octanol–water partition coefficient (Wildman–Crippen LogP) is 2.96. The smallest absolute Gasteiger partial charge is 0.209 e. The topological polar surface area (TPSA) is 43.2 Å². The normalized spacial score (nSPS) is 36.4. The van der Waals surface area contributed by atoms with Crippen molar-refractivity contribution >= 4 is 11.8 Å². The molecule has 21 heavy (non-hydrogen) atoms. The first-order valence-electron chi connectivity index (χ1n) is 7.47. The van der Waals surface area contributed by atoms with E-state index in [1.807, 2.05) is 13.8 Å². The lowest BCUT2D eigenvalue weighted by atomic mass is 9.96. The molecule has 0 aromatic rings. The van der Waals surface area contributed by atoms with E-state index < -0.39 is 12.3 Å². The molecule has 0 bridgehead atoms. The van der Waals surface area contributed by atoms with Gasteiger partial charge in [0.2, 0.25) is 11.8 Å². The summed E-state index contributed by atoms with van der Waals surface area (Å²) in [5.41, 5.74) is 0. The van der Waals surface area contributed by atoms with Crippen molar-refractivity contribution in [3.05, 3.63) is 0 Å². The van der Waals surface area contributed by atoms with E-state index in [0.29, 0.717) is 18.2 Å². The zero-order valence-electron chi connectivity index (χ0n) is 13.1. The highest BCUT2D eigenvalue weighted by Gasteiger charge is 2.38. The molecule has 4 nitrogen and oxygen atoms in total. The molecule has 2 rings (SSSR count). The van der Waals surface area contributed by atoms with E-state index >= 15 is 0 Å². The lowest BCUT2D eigenvalue weighted by Crippen LogP contribution is -2.38. The Labute approximate surface area is 124 Å². The molecule has 120 valence electrons. The number of hydrogen-bond acceptors (Lipinski definition) is 4. The third-order valence-corrected chi connectivity index (χ3v) is 4.20. The minimum atomic E-state index is -1.35. The van der Waals surface area contributed by atoms with Crippen molar-refractivity contribution in [2.45, 2.75) is 57.5 Å². The van der Waals surface area contributed by atoms with E-state index in [1.165, 1.54) is 0 Å². The summed E-state index contributed by atoms with van der Waals surface area (Å²) in [6, 6.07) is -0.463. The molecule has 0 spiro atoms. The third kappa shape index (κ3) is 3.52. The molecule has 1 aliphatic carbocycles. The van der Waals surface area contributed by atoms with E-state index in [4.69, 9.17) is 9.47 Å². The summed E-state index contributed by atoms with van der Waals surface area (Å²) >= 11 is 0. The van der Waals surface area contributed by atoms with Gasteiger partial charge in [0.15, 0.2) is 0 Å². The molecule has 6 heteroatoms. The number of alkyl halides is 2. The third-order valence-electron chi connectivity index (χ3n) is 4.20. The van der Waals surface area contributed by atoms with Gasteiger partial charge in [0.05, 0.1) is 14.2 Å². The van der Waals surface area contributed by atoms with Crippen molar-refractivity contribution in [2.24, 2.45) is 21.8 Å². The van der Waals surface area contributed by atoms with E-state index in [9.17, 15) is 8.78 Å². The molecule has 0 amide bonds. The van der Waals surface area contributed by atoms with Crippen molar-refractivity contribution in [3.8, 4) is 0 Å². The number of aliphatic imine (C=N–C) groups is 2. The Morgan fingerprint density at radius 1 is 1.05 bits per heavy atom. The molecule has 1 heterocycles. The molecule has 0 saturated heterocycles. The number of halogens is 2. The van der Waals surface area contributed by atoms with Gasteiger partial charge in [-0.1, -0.05) is 13.8 Å². The molecule has 2 aliphatic rings. The first-order chi connectivity index (χ1) is 9.96. The van der Waals surface area contributed by atoms with Crippen LogP contribution < -0.4 is 0 Å². The number of nitrogens with zero attached hydrogens (tertiary/aromatic N) is 2. The van der Waals surface area contributed by atoms with Crippen LogP contribution in [0.2, 0.25) is 0 Å². The van der Waals surface area contributed by atoms with Gasteiger partial charge in [-0.3, -0.25) is 0 Å². The summed E-state index contributed by atoms with van der Waals surface area (Å²) in [4.78, 5) is 9.13. The summed E-state index contributed by atoms with van der Waals surface area (Å²) in [7, 11) is 3.13. The minimum Gasteiger partial charge on any atom is -0.483 e. The molecule has 1 saturated carbocycles. The average Bonchev–Trinajstić information content (AvgIpc) is 2.76. The molecule has 5 atom stereocenters. The van der Waals surface area contributed by atoms with Gasteiger partial charge < -0.3 is 9.47 Å². The summed E-state index contributed by atoms with van der Waals surface area (Å²) in [6.07, 6.45) is -1.66. The quantitative estimate of drug-likeness (QED) is 0.804. The number of ether oxygens (including phenoxy) is 2. The highest BCUT2D eigenvalue weighted by atomic mass is 19.2.